The molecule has 2 aliphatic carbocycles. The number of likely N-dealkylation sites (tertiary alicyclic amines) is 1. The maximum Gasteiger partial charge on any atom is 0.261 e. The Morgan fingerprint density at radius 2 is 1.76 bits per heavy atom. The SMILES string of the molecule is Cc1c(C(=O)NC2(C(F)F)CC2)cc(Nc2nc(-c3cnc4c(c3)N(C3CC(N5CCCC[C@@H]5C)C3)C(=O)C4(C)C)cc3ncn(C(C)C)c23)c(F)c1F. The van der Waals surface area contributed by atoms with E-state index in [0.29, 0.717) is 40.1 Å². The van der Waals surface area contributed by atoms with Crippen molar-refractivity contribution >= 4 is 40.0 Å². The lowest BCUT2D eigenvalue weighted by Crippen LogP contribution is -2.58. The van der Waals surface area contributed by atoms with Crippen molar-refractivity contribution in [3.63, 3.8) is 0 Å². The Balaban J connectivity index is 1.16. The molecule has 4 aromatic rings. The molecule has 14 heteroatoms. The van der Waals surface area contributed by atoms with Crippen molar-refractivity contribution in [2.45, 2.75) is 128 Å². The van der Waals surface area contributed by atoms with Crippen molar-refractivity contribution in [2.75, 3.05) is 16.8 Å². The number of carbonyl (C=O) groups excluding carboxylic acids is 2. The van der Waals surface area contributed by atoms with Crippen LogP contribution in [0.1, 0.15) is 107 Å². The summed E-state index contributed by atoms with van der Waals surface area (Å²) in [6.07, 6.45) is 6.13. The Kier molecular flexibility index (Phi) is 8.78. The highest BCUT2D eigenvalue weighted by Gasteiger charge is 2.53. The summed E-state index contributed by atoms with van der Waals surface area (Å²) in [5.41, 5.74) is 0.0486. The zero-order valence-corrected chi connectivity index (χ0v) is 31.4. The molecule has 3 fully saturated rings. The summed E-state index contributed by atoms with van der Waals surface area (Å²) in [5, 5.41) is 5.26. The molecule has 0 spiro atoms. The zero-order chi connectivity index (χ0) is 38.4. The predicted octanol–water partition coefficient (Wildman–Crippen LogP) is 7.96. The van der Waals surface area contributed by atoms with Gasteiger partial charge in [0.15, 0.2) is 17.5 Å². The molecule has 2 aliphatic heterocycles. The largest absolute Gasteiger partial charge is 0.341 e. The number of aromatic nitrogens is 4. The van der Waals surface area contributed by atoms with Crippen molar-refractivity contribution in [2.24, 2.45) is 0 Å². The molecule has 5 heterocycles. The molecule has 1 aromatic carbocycles. The summed E-state index contributed by atoms with van der Waals surface area (Å²) >= 11 is 0. The van der Waals surface area contributed by atoms with Crippen LogP contribution in [0.25, 0.3) is 22.3 Å². The van der Waals surface area contributed by atoms with Gasteiger partial charge in [0.2, 0.25) is 5.91 Å². The van der Waals surface area contributed by atoms with Gasteiger partial charge in [-0.2, -0.15) is 0 Å². The van der Waals surface area contributed by atoms with Crippen molar-refractivity contribution in [3.05, 3.63) is 59.2 Å². The third kappa shape index (κ3) is 5.82. The second-order valence-electron chi connectivity index (χ2n) is 16.5. The minimum atomic E-state index is -2.79. The molecule has 0 bridgehead atoms. The lowest BCUT2D eigenvalue weighted by atomic mass is 9.81. The lowest BCUT2D eigenvalue weighted by Gasteiger charge is -2.50. The van der Waals surface area contributed by atoms with E-state index in [4.69, 9.17) is 9.97 Å². The van der Waals surface area contributed by atoms with Crippen molar-refractivity contribution in [3.8, 4) is 11.3 Å². The van der Waals surface area contributed by atoms with E-state index < -0.39 is 34.9 Å². The van der Waals surface area contributed by atoms with Crippen LogP contribution < -0.4 is 15.5 Å². The van der Waals surface area contributed by atoms with Crippen LogP contribution >= 0.6 is 0 Å². The van der Waals surface area contributed by atoms with Gasteiger partial charge < -0.3 is 20.1 Å². The minimum absolute atomic E-state index is 0.0107. The monoisotopic (exact) mass is 746 g/mol. The van der Waals surface area contributed by atoms with Crippen LogP contribution in [0.5, 0.6) is 0 Å². The smallest absolute Gasteiger partial charge is 0.261 e. The molecular formula is C40H46F4N8O2. The van der Waals surface area contributed by atoms with E-state index in [0.717, 1.165) is 31.1 Å². The van der Waals surface area contributed by atoms with Crippen molar-refractivity contribution in [1.82, 2.24) is 29.7 Å². The first-order valence-corrected chi connectivity index (χ1v) is 19.0. The summed E-state index contributed by atoms with van der Waals surface area (Å²) in [5.74, 6) is -3.29. The first kappa shape index (κ1) is 36.4. The van der Waals surface area contributed by atoms with E-state index in [1.807, 2.05) is 43.2 Å². The molecular weight excluding hydrogens is 700 g/mol. The Morgan fingerprint density at radius 1 is 1.02 bits per heavy atom. The Bertz CT molecular complexity index is 2170. The van der Waals surface area contributed by atoms with E-state index in [9.17, 15) is 18.4 Å². The molecule has 8 rings (SSSR count). The second-order valence-corrected chi connectivity index (χ2v) is 16.5. The van der Waals surface area contributed by atoms with Gasteiger partial charge in [0, 0.05) is 47.1 Å². The molecule has 1 atom stereocenters. The average molecular weight is 747 g/mol. The fraction of sp³-hybridized carbons (Fsp3) is 0.525. The molecule has 1 saturated heterocycles. The summed E-state index contributed by atoms with van der Waals surface area (Å²) < 4.78 is 60.3. The van der Waals surface area contributed by atoms with E-state index in [1.54, 1.807) is 18.6 Å². The van der Waals surface area contributed by atoms with Crippen LogP contribution in [0.2, 0.25) is 0 Å². The standard InChI is InChI=1S/C40H46F4N8O2/c1-20(2)51-19-46-29-17-27(47-35(33(29)51)48-28-16-26(22(4)31(41)32(28)42)36(53)49-40(10-11-40)37(43)44)23-13-30-34(45-18-23)39(5,6)38(54)52(30)25-14-24(15-25)50-12-8-7-9-21(50)3/h13,16-21,24-25,37H,7-12,14-15H2,1-6H3,(H,47,48)(H,49,53)/t21-,24?,25?/m0/s1. The highest BCUT2D eigenvalue weighted by atomic mass is 19.3. The molecule has 286 valence electrons. The molecule has 54 heavy (non-hydrogen) atoms. The maximum absolute atomic E-state index is 15.7. The van der Waals surface area contributed by atoms with E-state index in [2.05, 4.69) is 27.4 Å². The van der Waals surface area contributed by atoms with Crippen LogP contribution in [-0.2, 0) is 10.2 Å². The highest BCUT2D eigenvalue weighted by molar-refractivity contribution is 6.08. The molecule has 4 aliphatic rings. The van der Waals surface area contributed by atoms with Gasteiger partial charge in [-0.1, -0.05) is 6.42 Å². The van der Waals surface area contributed by atoms with Gasteiger partial charge in [-0.15, -0.1) is 0 Å². The number of hydrogen-bond donors (Lipinski definition) is 2. The normalized spacial score (nSPS) is 23.2. The number of fused-ring (bicyclic) bond motifs is 2. The number of amides is 2. The number of carbonyl (C=O) groups is 2. The maximum atomic E-state index is 15.7. The van der Waals surface area contributed by atoms with Crippen molar-refractivity contribution < 1.29 is 27.2 Å². The first-order valence-electron chi connectivity index (χ1n) is 19.0. The Hall–Kier alpha value is -4.59. The fourth-order valence-electron chi connectivity index (χ4n) is 8.52. The van der Waals surface area contributed by atoms with Gasteiger partial charge in [0.25, 0.3) is 12.3 Å². The fourth-order valence-corrected chi connectivity index (χ4v) is 8.52. The summed E-state index contributed by atoms with van der Waals surface area (Å²) in [6.45, 7) is 12.3. The Labute approximate surface area is 311 Å². The molecule has 2 saturated carbocycles. The summed E-state index contributed by atoms with van der Waals surface area (Å²) in [6, 6.07) is 5.77. The van der Waals surface area contributed by atoms with Crippen molar-refractivity contribution in [1.29, 1.82) is 0 Å². The Morgan fingerprint density at radius 3 is 2.43 bits per heavy atom. The number of imidazole rings is 1. The molecule has 2 N–H and O–H groups in total. The third-order valence-corrected chi connectivity index (χ3v) is 12.2. The molecule has 2 amide bonds. The lowest BCUT2D eigenvalue weighted by molar-refractivity contribution is -0.123. The molecule has 3 aromatic heterocycles. The van der Waals surface area contributed by atoms with Crippen LogP contribution in [0.15, 0.2) is 30.7 Å². The third-order valence-electron chi connectivity index (χ3n) is 12.2. The highest BCUT2D eigenvalue weighted by Crippen LogP contribution is 2.47. The number of piperidine rings is 1. The number of alkyl halides is 2. The van der Waals surface area contributed by atoms with Gasteiger partial charge in [0.1, 0.15) is 11.1 Å². The van der Waals surface area contributed by atoms with Gasteiger partial charge in [-0.25, -0.2) is 27.5 Å². The summed E-state index contributed by atoms with van der Waals surface area (Å²) in [7, 11) is 0. The number of nitrogens with zero attached hydrogens (tertiary/aromatic N) is 6. The van der Waals surface area contributed by atoms with Crippen LogP contribution in [0.4, 0.5) is 34.8 Å². The zero-order valence-electron chi connectivity index (χ0n) is 31.4. The predicted molar refractivity (Wildman–Crippen MR) is 198 cm³/mol. The van der Waals surface area contributed by atoms with Crippen LogP contribution in [0, 0.1) is 18.6 Å². The van der Waals surface area contributed by atoms with Gasteiger partial charge in [0.05, 0.1) is 40.0 Å². The van der Waals surface area contributed by atoms with Crippen LogP contribution in [0.3, 0.4) is 0 Å². The number of hydrogen-bond acceptors (Lipinski definition) is 7. The minimum Gasteiger partial charge on any atom is -0.341 e. The number of anilines is 3. The van der Waals surface area contributed by atoms with Gasteiger partial charge in [-0.05, 0) is 105 Å². The van der Waals surface area contributed by atoms with E-state index in [-0.39, 0.29) is 53.5 Å². The number of halogens is 4. The second kappa shape index (κ2) is 13.0. The number of pyridine rings is 2. The molecule has 10 nitrogen and oxygen atoms in total. The topological polar surface area (TPSA) is 108 Å². The molecule has 0 radical (unpaired) electrons. The average Bonchev–Trinajstić information content (AvgIpc) is 3.72. The van der Waals surface area contributed by atoms with Gasteiger partial charge >= 0.3 is 0 Å². The van der Waals surface area contributed by atoms with E-state index in [1.165, 1.54) is 26.2 Å². The number of nitrogens with one attached hydrogen (secondary N) is 2. The quantitative estimate of drug-likeness (QED) is 0.167. The number of benzene rings is 1. The first-order chi connectivity index (χ1) is 25.6. The number of rotatable bonds is 9. The molecule has 0 unspecified atom stereocenters. The van der Waals surface area contributed by atoms with Crippen LogP contribution in [-0.4, -0.2) is 72.9 Å². The van der Waals surface area contributed by atoms with E-state index >= 15 is 8.78 Å². The van der Waals surface area contributed by atoms with Gasteiger partial charge in [-0.3, -0.25) is 19.5 Å². The summed E-state index contributed by atoms with van der Waals surface area (Å²) in [4.78, 5) is 46.0.